The summed E-state index contributed by atoms with van der Waals surface area (Å²) < 4.78 is 5.32. The Hall–Kier alpha value is -2.02. The van der Waals surface area contributed by atoms with E-state index in [1.807, 2.05) is 12.1 Å². The first-order valence-corrected chi connectivity index (χ1v) is 6.56. The van der Waals surface area contributed by atoms with E-state index < -0.39 is 0 Å². The summed E-state index contributed by atoms with van der Waals surface area (Å²) in [5, 5.41) is 0. The van der Waals surface area contributed by atoms with Gasteiger partial charge in [0.15, 0.2) is 0 Å². The highest BCUT2D eigenvalue weighted by Crippen LogP contribution is 2.29. The zero-order valence-corrected chi connectivity index (χ0v) is 11.8. The predicted octanol–water partition coefficient (Wildman–Crippen LogP) is 5.13. The van der Waals surface area contributed by atoms with Crippen molar-refractivity contribution in [1.29, 1.82) is 0 Å². The molecule has 0 radical (unpaired) electrons. The van der Waals surface area contributed by atoms with Gasteiger partial charge in [0.25, 0.3) is 0 Å². The summed E-state index contributed by atoms with van der Waals surface area (Å²) in [6, 6.07) is 14.9. The largest absolute Gasteiger partial charge is 0.496 e. The molecule has 0 saturated carbocycles. The molecule has 0 heterocycles. The molecule has 0 bridgehead atoms. The Bertz CT molecular complexity index is 582. The Morgan fingerprint density at radius 3 is 2.42 bits per heavy atom. The molecule has 98 valence electrons. The van der Waals surface area contributed by atoms with Crippen LogP contribution in [0.3, 0.4) is 0 Å². The van der Waals surface area contributed by atoms with Crippen LogP contribution in [0.5, 0.6) is 5.75 Å². The van der Waals surface area contributed by atoms with E-state index in [0.717, 1.165) is 11.3 Å². The highest BCUT2D eigenvalue weighted by atomic mass is 16.5. The van der Waals surface area contributed by atoms with Crippen LogP contribution in [0.2, 0.25) is 0 Å². The number of methoxy groups -OCH3 is 1. The van der Waals surface area contributed by atoms with Crippen LogP contribution in [0.4, 0.5) is 0 Å². The third-order valence-electron chi connectivity index (χ3n) is 3.34. The molecule has 19 heavy (non-hydrogen) atoms. The van der Waals surface area contributed by atoms with Crippen LogP contribution in [-0.2, 0) is 0 Å². The number of ether oxygens (including phenoxy) is 1. The smallest absolute Gasteiger partial charge is 0.126 e. The first-order valence-electron chi connectivity index (χ1n) is 6.56. The molecule has 0 aromatic heterocycles. The molecule has 0 atom stereocenters. The van der Waals surface area contributed by atoms with Crippen molar-refractivity contribution in [3.63, 3.8) is 0 Å². The standard InChI is InChI=1S/C18H20O/c1-5-14-11-17(9-10-18(14)19-4)16-8-6-7-15(12-16)13(2)3/h5-13H,1H2,2-4H3. The summed E-state index contributed by atoms with van der Waals surface area (Å²) in [4.78, 5) is 0. The summed E-state index contributed by atoms with van der Waals surface area (Å²) in [5.74, 6) is 1.40. The molecule has 0 unspecified atom stereocenters. The minimum Gasteiger partial charge on any atom is -0.496 e. The van der Waals surface area contributed by atoms with Gasteiger partial charge in [0.2, 0.25) is 0 Å². The average Bonchev–Trinajstić information content (AvgIpc) is 2.46. The van der Waals surface area contributed by atoms with Crippen molar-refractivity contribution in [3.8, 4) is 16.9 Å². The normalized spacial score (nSPS) is 10.5. The molecule has 1 heteroatoms. The Balaban J connectivity index is 2.47. The quantitative estimate of drug-likeness (QED) is 0.733. The van der Waals surface area contributed by atoms with E-state index >= 15 is 0 Å². The highest BCUT2D eigenvalue weighted by Gasteiger charge is 2.05. The molecule has 0 amide bonds. The summed E-state index contributed by atoms with van der Waals surface area (Å²) in [6.45, 7) is 8.26. The molecule has 0 aliphatic heterocycles. The molecule has 0 aliphatic carbocycles. The first kappa shape index (κ1) is 13.4. The van der Waals surface area contributed by atoms with Crippen molar-refractivity contribution in [3.05, 3.63) is 60.2 Å². The number of hydrogen-bond acceptors (Lipinski definition) is 1. The van der Waals surface area contributed by atoms with E-state index in [4.69, 9.17) is 4.74 Å². The summed E-state index contributed by atoms with van der Waals surface area (Å²) in [7, 11) is 1.68. The van der Waals surface area contributed by atoms with Crippen LogP contribution in [0.25, 0.3) is 17.2 Å². The van der Waals surface area contributed by atoms with E-state index in [2.05, 4.69) is 56.8 Å². The van der Waals surface area contributed by atoms with Crippen LogP contribution in [-0.4, -0.2) is 7.11 Å². The van der Waals surface area contributed by atoms with Crippen LogP contribution >= 0.6 is 0 Å². The van der Waals surface area contributed by atoms with Gasteiger partial charge in [-0.2, -0.15) is 0 Å². The topological polar surface area (TPSA) is 9.23 Å². The first-order chi connectivity index (χ1) is 9.15. The van der Waals surface area contributed by atoms with Crippen molar-refractivity contribution >= 4 is 6.08 Å². The van der Waals surface area contributed by atoms with Gasteiger partial charge in [0, 0.05) is 5.56 Å². The third kappa shape index (κ3) is 2.87. The lowest BCUT2D eigenvalue weighted by Crippen LogP contribution is -1.90. The zero-order valence-electron chi connectivity index (χ0n) is 11.8. The Morgan fingerprint density at radius 2 is 1.79 bits per heavy atom. The monoisotopic (exact) mass is 252 g/mol. The molecular formula is C18H20O. The van der Waals surface area contributed by atoms with Crippen LogP contribution in [0, 0.1) is 0 Å². The van der Waals surface area contributed by atoms with Gasteiger partial charge in [0.05, 0.1) is 7.11 Å². The maximum absolute atomic E-state index is 5.32. The fourth-order valence-corrected chi connectivity index (χ4v) is 2.15. The third-order valence-corrected chi connectivity index (χ3v) is 3.34. The SMILES string of the molecule is C=Cc1cc(-c2cccc(C(C)C)c2)ccc1OC. The lowest BCUT2D eigenvalue weighted by molar-refractivity contribution is 0.414. The van der Waals surface area contributed by atoms with Crippen LogP contribution < -0.4 is 4.74 Å². The van der Waals surface area contributed by atoms with Crippen molar-refractivity contribution in [2.45, 2.75) is 19.8 Å². The van der Waals surface area contributed by atoms with Crippen molar-refractivity contribution in [1.82, 2.24) is 0 Å². The van der Waals surface area contributed by atoms with Crippen LogP contribution in [0.1, 0.15) is 30.9 Å². The molecule has 1 nitrogen and oxygen atoms in total. The number of rotatable bonds is 4. The lowest BCUT2D eigenvalue weighted by atomic mass is 9.96. The molecule has 0 N–H and O–H groups in total. The van der Waals surface area contributed by atoms with Gasteiger partial charge in [-0.1, -0.05) is 56.8 Å². The molecule has 0 spiro atoms. The molecule has 0 saturated heterocycles. The minimum absolute atomic E-state index is 0.539. The van der Waals surface area contributed by atoms with Crippen molar-refractivity contribution in [2.24, 2.45) is 0 Å². The second-order valence-corrected chi connectivity index (χ2v) is 4.94. The van der Waals surface area contributed by atoms with E-state index in [0.29, 0.717) is 5.92 Å². The number of benzene rings is 2. The van der Waals surface area contributed by atoms with Gasteiger partial charge in [0.1, 0.15) is 5.75 Å². The second-order valence-electron chi connectivity index (χ2n) is 4.94. The lowest BCUT2D eigenvalue weighted by Gasteiger charge is -2.11. The van der Waals surface area contributed by atoms with Gasteiger partial charge < -0.3 is 4.74 Å². The van der Waals surface area contributed by atoms with Crippen LogP contribution in [0.15, 0.2) is 49.0 Å². The van der Waals surface area contributed by atoms with Gasteiger partial charge in [-0.15, -0.1) is 0 Å². The van der Waals surface area contributed by atoms with Gasteiger partial charge in [-0.25, -0.2) is 0 Å². The maximum Gasteiger partial charge on any atom is 0.126 e. The van der Waals surface area contributed by atoms with Gasteiger partial charge >= 0.3 is 0 Å². The zero-order chi connectivity index (χ0) is 13.8. The van der Waals surface area contributed by atoms with E-state index in [1.165, 1.54) is 16.7 Å². The summed E-state index contributed by atoms with van der Waals surface area (Å²) >= 11 is 0. The van der Waals surface area contributed by atoms with E-state index in [9.17, 15) is 0 Å². The number of hydrogen-bond donors (Lipinski definition) is 0. The molecule has 0 aliphatic rings. The fraction of sp³-hybridized carbons (Fsp3) is 0.222. The maximum atomic E-state index is 5.32. The van der Waals surface area contributed by atoms with Gasteiger partial charge in [-0.05, 0) is 34.7 Å². The predicted molar refractivity (Wildman–Crippen MR) is 82.6 cm³/mol. The summed E-state index contributed by atoms with van der Waals surface area (Å²) in [5.41, 5.74) is 4.80. The fourth-order valence-electron chi connectivity index (χ4n) is 2.15. The Morgan fingerprint density at radius 1 is 1.05 bits per heavy atom. The summed E-state index contributed by atoms with van der Waals surface area (Å²) in [6.07, 6.45) is 1.83. The minimum atomic E-state index is 0.539. The molecule has 2 rings (SSSR count). The molecule has 0 fully saturated rings. The van der Waals surface area contributed by atoms with Crippen molar-refractivity contribution in [2.75, 3.05) is 7.11 Å². The molecular weight excluding hydrogens is 232 g/mol. The van der Waals surface area contributed by atoms with Crippen molar-refractivity contribution < 1.29 is 4.74 Å². The molecule has 2 aromatic rings. The average molecular weight is 252 g/mol. The van der Waals surface area contributed by atoms with Gasteiger partial charge in [-0.3, -0.25) is 0 Å². The van der Waals surface area contributed by atoms with E-state index in [-0.39, 0.29) is 0 Å². The Kier molecular flexibility index (Phi) is 4.06. The Labute approximate surface area is 115 Å². The molecule has 2 aromatic carbocycles. The second kappa shape index (κ2) is 5.75. The van der Waals surface area contributed by atoms with E-state index in [1.54, 1.807) is 7.11 Å². The highest BCUT2D eigenvalue weighted by molar-refractivity contribution is 5.70.